The number of para-hydroxylation sites is 2. The molecule has 1 atom stereocenters. The lowest BCUT2D eigenvalue weighted by atomic mass is 10.3. The third-order valence-corrected chi connectivity index (χ3v) is 3.82. The Labute approximate surface area is 141 Å². The van der Waals surface area contributed by atoms with Gasteiger partial charge >= 0.3 is 5.82 Å². The van der Waals surface area contributed by atoms with E-state index >= 15 is 0 Å². The number of aromatic nitrogens is 4. The highest BCUT2D eigenvalue weighted by molar-refractivity contribution is 6.20. The van der Waals surface area contributed by atoms with Crippen LogP contribution in [0, 0.1) is 10.1 Å². The van der Waals surface area contributed by atoms with Crippen LogP contribution < -0.4 is 0 Å². The first kappa shape index (κ1) is 15.8. The standard InChI is InChI=1S/C14H13Cl2N5O2/c1-8(16)11-13(21(22)23)19-12(18-11)14-17-9-4-2-3-5-10(9)20(14)7-6-15/h2-5,8H,6-7H2,1H3,(H,18,19). The van der Waals surface area contributed by atoms with Gasteiger partial charge in [-0.15, -0.1) is 23.2 Å². The zero-order chi connectivity index (χ0) is 16.6. The minimum Gasteiger partial charge on any atom is -0.358 e. The number of nitrogens with zero attached hydrogens (tertiary/aromatic N) is 4. The summed E-state index contributed by atoms with van der Waals surface area (Å²) in [5.74, 6) is 0.973. The molecule has 0 fully saturated rings. The SMILES string of the molecule is CC(Cl)c1nc(-c2nc3ccccc3n2CCCl)[nH]c1[N+](=O)[O-]. The first-order valence-corrected chi connectivity index (χ1v) is 7.90. The minimum atomic E-state index is -0.591. The lowest BCUT2D eigenvalue weighted by Crippen LogP contribution is -2.02. The van der Waals surface area contributed by atoms with Crippen LogP contribution in [0.15, 0.2) is 24.3 Å². The van der Waals surface area contributed by atoms with E-state index in [2.05, 4.69) is 15.0 Å². The van der Waals surface area contributed by atoms with E-state index in [1.165, 1.54) is 0 Å². The zero-order valence-electron chi connectivity index (χ0n) is 12.2. The maximum atomic E-state index is 11.2. The summed E-state index contributed by atoms with van der Waals surface area (Å²) in [6.45, 7) is 2.15. The number of aromatic amines is 1. The van der Waals surface area contributed by atoms with Gasteiger partial charge in [0.1, 0.15) is 0 Å². The largest absolute Gasteiger partial charge is 0.358 e. The average Bonchev–Trinajstić information content (AvgIpc) is 3.10. The van der Waals surface area contributed by atoms with Gasteiger partial charge in [0.05, 0.1) is 16.4 Å². The summed E-state index contributed by atoms with van der Waals surface area (Å²) < 4.78 is 1.88. The number of nitrogens with one attached hydrogen (secondary N) is 1. The Morgan fingerprint density at radius 2 is 2.13 bits per heavy atom. The van der Waals surface area contributed by atoms with Gasteiger partial charge in [0, 0.05) is 12.4 Å². The predicted molar refractivity (Wildman–Crippen MR) is 89.0 cm³/mol. The van der Waals surface area contributed by atoms with E-state index in [-0.39, 0.29) is 11.5 Å². The van der Waals surface area contributed by atoms with E-state index in [4.69, 9.17) is 23.2 Å². The fourth-order valence-electron chi connectivity index (χ4n) is 2.47. The number of aryl methyl sites for hydroxylation is 1. The van der Waals surface area contributed by atoms with Gasteiger partial charge in [-0.3, -0.25) is 0 Å². The Bertz CT molecular complexity index is 871. The summed E-state index contributed by atoms with van der Waals surface area (Å²) in [5.41, 5.74) is 1.85. The summed E-state index contributed by atoms with van der Waals surface area (Å²) in [6.07, 6.45) is 0. The van der Waals surface area contributed by atoms with Crippen molar-refractivity contribution in [3.05, 3.63) is 40.1 Å². The molecule has 0 radical (unpaired) electrons. The average molecular weight is 354 g/mol. The van der Waals surface area contributed by atoms with Crippen molar-refractivity contribution in [3.63, 3.8) is 0 Å². The molecule has 0 aliphatic carbocycles. The topological polar surface area (TPSA) is 89.6 Å². The molecular formula is C14H13Cl2N5O2. The molecule has 120 valence electrons. The molecule has 0 amide bonds. The smallest absolute Gasteiger partial charge is 0.345 e. The molecule has 3 aromatic rings. The Hall–Kier alpha value is -2.12. The molecule has 1 N–H and O–H groups in total. The highest BCUT2D eigenvalue weighted by atomic mass is 35.5. The molecule has 9 heteroatoms. The van der Waals surface area contributed by atoms with Crippen LogP contribution in [0.4, 0.5) is 5.82 Å². The van der Waals surface area contributed by atoms with Crippen LogP contribution in [-0.2, 0) is 6.54 Å². The molecular weight excluding hydrogens is 341 g/mol. The normalized spacial score (nSPS) is 12.7. The van der Waals surface area contributed by atoms with Crippen molar-refractivity contribution in [2.75, 3.05) is 5.88 Å². The number of halogens is 2. The number of hydrogen-bond donors (Lipinski definition) is 1. The van der Waals surface area contributed by atoms with Crippen molar-refractivity contribution in [1.29, 1.82) is 0 Å². The van der Waals surface area contributed by atoms with E-state index in [1.54, 1.807) is 6.92 Å². The molecule has 7 nitrogen and oxygen atoms in total. The second kappa shape index (κ2) is 6.17. The van der Waals surface area contributed by atoms with Crippen LogP contribution in [-0.4, -0.2) is 30.3 Å². The monoisotopic (exact) mass is 353 g/mol. The number of fused-ring (bicyclic) bond motifs is 1. The molecule has 0 spiro atoms. The van der Waals surface area contributed by atoms with Gasteiger partial charge < -0.3 is 14.7 Å². The number of alkyl halides is 2. The summed E-state index contributed by atoms with van der Waals surface area (Å²) in [7, 11) is 0. The quantitative estimate of drug-likeness (QED) is 0.428. The Kier molecular flexibility index (Phi) is 4.23. The van der Waals surface area contributed by atoms with Crippen LogP contribution in [0.5, 0.6) is 0 Å². The number of benzene rings is 1. The molecule has 0 saturated heterocycles. The van der Waals surface area contributed by atoms with E-state index < -0.39 is 10.3 Å². The maximum absolute atomic E-state index is 11.2. The number of H-pyrrole nitrogens is 1. The number of nitro groups is 1. The zero-order valence-corrected chi connectivity index (χ0v) is 13.7. The Morgan fingerprint density at radius 3 is 2.74 bits per heavy atom. The highest BCUT2D eigenvalue weighted by Gasteiger charge is 2.27. The van der Waals surface area contributed by atoms with Gasteiger partial charge in [-0.05, 0) is 24.0 Å². The fraction of sp³-hybridized carbons (Fsp3) is 0.286. The third-order valence-electron chi connectivity index (χ3n) is 3.45. The predicted octanol–water partition coefficient (Wildman–Crippen LogP) is 3.87. The molecule has 2 heterocycles. The van der Waals surface area contributed by atoms with Crippen molar-refractivity contribution in [2.45, 2.75) is 18.8 Å². The molecule has 1 aromatic carbocycles. The van der Waals surface area contributed by atoms with E-state index in [0.717, 1.165) is 11.0 Å². The molecule has 0 saturated carbocycles. The van der Waals surface area contributed by atoms with Crippen molar-refractivity contribution in [2.24, 2.45) is 0 Å². The molecule has 23 heavy (non-hydrogen) atoms. The Balaban J connectivity index is 2.22. The molecule has 0 aliphatic rings. The molecule has 0 bridgehead atoms. The van der Waals surface area contributed by atoms with E-state index in [0.29, 0.717) is 24.1 Å². The van der Waals surface area contributed by atoms with Gasteiger partial charge in [-0.25, -0.2) is 15.0 Å². The fourth-order valence-corrected chi connectivity index (χ4v) is 2.79. The van der Waals surface area contributed by atoms with Crippen LogP contribution in [0.3, 0.4) is 0 Å². The van der Waals surface area contributed by atoms with Gasteiger partial charge in [-0.2, -0.15) is 0 Å². The highest BCUT2D eigenvalue weighted by Crippen LogP contribution is 2.31. The molecule has 3 rings (SSSR count). The van der Waals surface area contributed by atoms with Gasteiger partial charge in [0.2, 0.25) is 5.82 Å². The van der Waals surface area contributed by atoms with E-state index in [1.807, 2.05) is 28.8 Å². The van der Waals surface area contributed by atoms with Crippen LogP contribution >= 0.6 is 23.2 Å². The minimum absolute atomic E-state index is 0.191. The summed E-state index contributed by atoms with van der Waals surface area (Å²) in [6, 6.07) is 7.56. The lowest BCUT2D eigenvalue weighted by molar-refractivity contribution is -0.390. The first-order valence-electron chi connectivity index (χ1n) is 6.93. The van der Waals surface area contributed by atoms with Crippen molar-refractivity contribution < 1.29 is 4.92 Å². The lowest BCUT2D eigenvalue weighted by Gasteiger charge is -2.03. The van der Waals surface area contributed by atoms with Crippen LogP contribution in [0.25, 0.3) is 22.7 Å². The maximum Gasteiger partial charge on any atom is 0.345 e. The molecule has 0 aliphatic heterocycles. The van der Waals surface area contributed by atoms with Gasteiger partial charge in [-0.1, -0.05) is 12.1 Å². The Morgan fingerprint density at radius 1 is 1.39 bits per heavy atom. The van der Waals surface area contributed by atoms with Crippen LogP contribution in [0.1, 0.15) is 18.0 Å². The molecule has 2 aromatic heterocycles. The van der Waals surface area contributed by atoms with Crippen molar-refractivity contribution in [3.8, 4) is 11.6 Å². The second-order valence-electron chi connectivity index (χ2n) is 4.96. The second-order valence-corrected chi connectivity index (χ2v) is 5.99. The third kappa shape index (κ3) is 2.77. The van der Waals surface area contributed by atoms with Crippen molar-refractivity contribution >= 4 is 40.1 Å². The van der Waals surface area contributed by atoms with Gasteiger partial charge in [0.25, 0.3) is 5.82 Å². The number of imidazole rings is 2. The molecule has 1 unspecified atom stereocenters. The first-order chi connectivity index (χ1) is 11.0. The number of hydrogen-bond acceptors (Lipinski definition) is 4. The van der Waals surface area contributed by atoms with Crippen molar-refractivity contribution in [1.82, 2.24) is 19.5 Å². The summed E-state index contributed by atoms with van der Waals surface area (Å²) in [4.78, 5) is 22.2. The summed E-state index contributed by atoms with van der Waals surface area (Å²) in [5, 5.41) is 10.6. The van der Waals surface area contributed by atoms with Gasteiger partial charge in [0.15, 0.2) is 5.69 Å². The van der Waals surface area contributed by atoms with Crippen LogP contribution in [0.2, 0.25) is 0 Å². The van der Waals surface area contributed by atoms with E-state index in [9.17, 15) is 10.1 Å². The summed E-state index contributed by atoms with van der Waals surface area (Å²) >= 11 is 11.9. The number of rotatable bonds is 5.